The summed E-state index contributed by atoms with van der Waals surface area (Å²) in [5, 5.41) is 10.8. The summed E-state index contributed by atoms with van der Waals surface area (Å²) in [5.41, 5.74) is 4.93. The molecule has 4 aromatic rings. The Bertz CT molecular complexity index is 1610. The first-order valence-electron chi connectivity index (χ1n) is 13.1. The van der Waals surface area contributed by atoms with E-state index in [9.17, 15) is 4.79 Å². The summed E-state index contributed by atoms with van der Waals surface area (Å²) in [6.45, 7) is 8.63. The van der Waals surface area contributed by atoms with Crippen LogP contribution in [-0.2, 0) is 9.53 Å². The highest BCUT2D eigenvalue weighted by molar-refractivity contribution is 6.35. The van der Waals surface area contributed by atoms with E-state index in [2.05, 4.69) is 27.5 Å². The monoisotopic (exact) mass is 574 g/mol. The quantitative estimate of drug-likeness (QED) is 0.205. The van der Waals surface area contributed by atoms with Crippen LogP contribution in [0.4, 0.5) is 23.1 Å². The Morgan fingerprint density at radius 2 is 1.98 bits per heavy atom. The van der Waals surface area contributed by atoms with Gasteiger partial charge in [0, 0.05) is 35.4 Å². The second kappa shape index (κ2) is 12.0. The summed E-state index contributed by atoms with van der Waals surface area (Å²) in [6, 6.07) is 9.32. The third kappa shape index (κ3) is 5.75. The first kappa shape index (κ1) is 28.1. The van der Waals surface area contributed by atoms with Gasteiger partial charge >= 0.3 is 0 Å². The highest BCUT2D eigenvalue weighted by Crippen LogP contribution is 2.43. The van der Waals surface area contributed by atoms with Crippen LogP contribution in [0.25, 0.3) is 22.2 Å². The van der Waals surface area contributed by atoms with E-state index in [0.29, 0.717) is 69.7 Å². The summed E-state index contributed by atoms with van der Waals surface area (Å²) >= 11 is 6.80. The molecule has 1 aliphatic rings. The molecule has 1 amide bonds. The molecule has 1 saturated heterocycles. The van der Waals surface area contributed by atoms with Crippen LogP contribution in [0, 0.1) is 13.8 Å². The van der Waals surface area contributed by atoms with Crippen molar-refractivity contribution in [3.05, 3.63) is 65.3 Å². The molecule has 0 radical (unpaired) electrons. The van der Waals surface area contributed by atoms with Crippen molar-refractivity contribution in [2.75, 3.05) is 43.4 Å². The molecular formula is C30H31ClN6O4. The van der Waals surface area contributed by atoms with Crippen molar-refractivity contribution in [2.45, 2.75) is 26.3 Å². The molecule has 0 aliphatic carbocycles. The van der Waals surface area contributed by atoms with E-state index in [1.165, 1.54) is 6.08 Å². The third-order valence-electron chi connectivity index (χ3n) is 6.93. The number of halogens is 1. The van der Waals surface area contributed by atoms with Crippen LogP contribution in [0.5, 0.6) is 11.5 Å². The number of nitrogens with one attached hydrogen (secondary N) is 3. The van der Waals surface area contributed by atoms with Crippen LogP contribution in [0.2, 0.25) is 5.02 Å². The van der Waals surface area contributed by atoms with Gasteiger partial charge in [-0.3, -0.25) is 4.79 Å². The van der Waals surface area contributed by atoms with Gasteiger partial charge in [-0.05, 0) is 44.0 Å². The lowest BCUT2D eigenvalue weighted by molar-refractivity contribution is -0.111. The molecule has 0 bridgehead atoms. The number of para-hydroxylation sites is 1. The van der Waals surface area contributed by atoms with Crippen LogP contribution < -0.4 is 25.4 Å². The van der Waals surface area contributed by atoms with Gasteiger partial charge in [-0.15, -0.1) is 0 Å². The molecule has 212 valence electrons. The molecule has 3 heterocycles. The zero-order valence-corrected chi connectivity index (χ0v) is 24.1. The second-order valence-electron chi connectivity index (χ2n) is 9.60. The number of carbonyl (C=O) groups is 1. The first-order chi connectivity index (χ1) is 19.8. The highest BCUT2D eigenvalue weighted by atomic mass is 35.5. The number of rotatable bonds is 9. The molecule has 1 aliphatic heterocycles. The molecule has 1 unspecified atom stereocenters. The second-order valence-corrected chi connectivity index (χ2v) is 9.98. The molecule has 3 N–H and O–H groups in total. The van der Waals surface area contributed by atoms with E-state index in [1.54, 1.807) is 32.5 Å². The molecule has 1 atom stereocenters. The zero-order valence-electron chi connectivity index (χ0n) is 23.3. The Hall–Kier alpha value is -4.41. The lowest BCUT2D eigenvalue weighted by atomic mass is 10.0. The van der Waals surface area contributed by atoms with Crippen molar-refractivity contribution in [1.82, 2.24) is 15.0 Å². The maximum Gasteiger partial charge on any atom is 0.247 e. The number of benzene rings is 2. The minimum Gasteiger partial charge on any atom is -0.496 e. The van der Waals surface area contributed by atoms with Crippen molar-refractivity contribution in [3.8, 4) is 22.8 Å². The molecule has 1 fully saturated rings. The molecule has 11 heteroatoms. The van der Waals surface area contributed by atoms with Crippen molar-refractivity contribution in [3.63, 3.8) is 0 Å². The number of hydrogen-bond donors (Lipinski definition) is 3. The fraction of sp³-hybridized carbons (Fsp3) is 0.267. The van der Waals surface area contributed by atoms with Crippen molar-refractivity contribution in [2.24, 2.45) is 0 Å². The molecular weight excluding hydrogens is 544 g/mol. The van der Waals surface area contributed by atoms with E-state index < -0.39 is 0 Å². The number of pyridine rings is 1. The molecule has 0 saturated carbocycles. The van der Waals surface area contributed by atoms with E-state index in [0.717, 1.165) is 22.9 Å². The summed E-state index contributed by atoms with van der Waals surface area (Å²) in [4.78, 5) is 26.4. The van der Waals surface area contributed by atoms with Gasteiger partial charge in [0.25, 0.3) is 0 Å². The molecule has 2 aromatic heterocycles. The third-order valence-corrected chi connectivity index (χ3v) is 7.30. The van der Waals surface area contributed by atoms with Gasteiger partial charge in [0.05, 0.1) is 49.0 Å². The lowest BCUT2D eigenvalue weighted by Crippen LogP contribution is -2.20. The summed E-state index contributed by atoms with van der Waals surface area (Å²) in [5.74, 6) is 1.72. The van der Waals surface area contributed by atoms with Crippen molar-refractivity contribution >= 4 is 51.6 Å². The molecule has 10 nitrogen and oxygen atoms in total. The topological polar surface area (TPSA) is 120 Å². The van der Waals surface area contributed by atoms with Crippen LogP contribution in [0.1, 0.15) is 17.5 Å². The minimum absolute atomic E-state index is 0.0702. The van der Waals surface area contributed by atoms with Gasteiger partial charge < -0.3 is 30.2 Å². The first-order valence-corrected chi connectivity index (χ1v) is 13.4. The van der Waals surface area contributed by atoms with Gasteiger partial charge in [0.15, 0.2) is 5.82 Å². The number of aryl methyl sites for hydroxylation is 1. The number of carbonyl (C=O) groups excluding carboxylic acids is 1. The Morgan fingerprint density at radius 1 is 1.17 bits per heavy atom. The fourth-order valence-electron chi connectivity index (χ4n) is 4.77. The normalized spacial score (nSPS) is 14.5. The average molecular weight is 575 g/mol. The van der Waals surface area contributed by atoms with Crippen molar-refractivity contribution < 1.29 is 19.0 Å². The summed E-state index contributed by atoms with van der Waals surface area (Å²) < 4.78 is 16.7. The smallest absolute Gasteiger partial charge is 0.247 e. The standard InChI is InChI=1S/C30H31ClN6O4/c1-6-24(38)34-20-9-7-8-16(2)27(20)36-30-32-14-18-12-21(25-17(3)22(39-4)13-23(40-5)26(25)31)35-29(28(18)37-30)33-19-10-11-41-15-19/h6-9,12-14,19H,1,10-11,15H2,2-5H3,(H,33,35)(H,34,38)(H,32,36,37). The molecule has 41 heavy (non-hydrogen) atoms. The minimum atomic E-state index is -0.316. The number of nitrogens with zero attached hydrogens (tertiary/aromatic N) is 3. The van der Waals surface area contributed by atoms with Crippen LogP contribution in [0.3, 0.4) is 0 Å². The Labute approximate surface area is 243 Å². The van der Waals surface area contributed by atoms with E-state index in [1.807, 2.05) is 32.0 Å². The Balaban J connectivity index is 1.63. The van der Waals surface area contributed by atoms with Crippen LogP contribution >= 0.6 is 11.6 Å². The van der Waals surface area contributed by atoms with Gasteiger partial charge in [0.1, 0.15) is 17.0 Å². The fourth-order valence-corrected chi connectivity index (χ4v) is 5.14. The number of aromatic nitrogens is 3. The number of hydrogen-bond acceptors (Lipinski definition) is 9. The average Bonchev–Trinajstić information content (AvgIpc) is 3.48. The highest BCUT2D eigenvalue weighted by Gasteiger charge is 2.23. The number of fused-ring (bicyclic) bond motifs is 1. The molecule has 0 spiro atoms. The number of methoxy groups -OCH3 is 2. The van der Waals surface area contributed by atoms with E-state index in [-0.39, 0.29) is 11.9 Å². The van der Waals surface area contributed by atoms with Gasteiger partial charge in [-0.2, -0.15) is 0 Å². The van der Waals surface area contributed by atoms with Crippen LogP contribution in [-0.4, -0.2) is 54.3 Å². The van der Waals surface area contributed by atoms with Gasteiger partial charge in [0.2, 0.25) is 11.9 Å². The summed E-state index contributed by atoms with van der Waals surface area (Å²) in [6.07, 6.45) is 3.79. The molecule has 5 rings (SSSR count). The predicted molar refractivity (Wildman–Crippen MR) is 162 cm³/mol. The summed E-state index contributed by atoms with van der Waals surface area (Å²) in [7, 11) is 3.16. The van der Waals surface area contributed by atoms with Gasteiger partial charge in [-0.1, -0.05) is 30.3 Å². The predicted octanol–water partition coefficient (Wildman–Crippen LogP) is 6.05. The largest absolute Gasteiger partial charge is 0.496 e. The Morgan fingerprint density at radius 3 is 2.68 bits per heavy atom. The number of ether oxygens (including phenoxy) is 3. The number of anilines is 4. The zero-order chi connectivity index (χ0) is 29.1. The Kier molecular flexibility index (Phi) is 8.23. The molecule has 2 aromatic carbocycles. The SMILES string of the molecule is C=CC(=O)Nc1cccc(C)c1Nc1ncc2cc(-c3c(C)c(OC)cc(OC)c3Cl)nc(NC3CCOC3)c2n1. The van der Waals surface area contributed by atoms with E-state index in [4.69, 9.17) is 35.8 Å². The van der Waals surface area contributed by atoms with Crippen LogP contribution in [0.15, 0.2) is 49.2 Å². The maximum absolute atomic E-state index is 12.0. The van der Waals surface area contributed by atoms with Gasteiger partial charge in [-0.25, -0.2) is 15.0 Å². The lowest BCUT2D eigenvalue weighted by Gasteiger charge is -2.19. The van der Waals surface area contributed by atoms with E-state index >= 15 is 0 Å². The maximum atomic E-state index is 12.0. The number of amides is 1. The van der Waals surface area contributed by atoms with Crippen molar-refractivity contribution in [1.29, 1.82) is 0 Å².